The van der Waals surface area contributed by atoms with Crippen LogP contribution in [0.1, 0.15) is 27.7 Å². The second-order valence-electron chi connectivity index (χ2n) is 4.98. The largest absolute Gasteiger partial charge is 0.0846 e. The lowest BCUT2D eigenvalue weighted by atomic mass is 9.55. The Bertz CT molecular complexity index is 166. The molecule has 0 amide bonds. The van der Waals surface area contributed by atoms with Gasteiger partial charge in [0.25, 0.3) is 0 Å². The zero-order valence-corrected chi connectivity index (χ0v) is 8.62. The maximum atomic E-state index is 2.47. The molecule has 0 N–H and O–H groups in total. The predicted octanol–water partition coefficient (Wildman–Crippen LogP) is 3.35. The van der Waals surface area contributed by atoms with Crippen molar-refractivity contribution in [2.45, 2.75) is 27.7 Å². The third kappa shape index (κ3) is 0.901. The fourth-order valence-corrected chi connectivity index (χ4v) is 3.32. The Hall–Kier alpha value is -0.260. The van der Waals surface area contributed by atoms with Gasteiger partial charge in [0.05, 0.1) is 0 Å². The maximum absolute atomic E-state index is 2.47. The number of allylic oxidation sites excluding steroid dienone is 2. The van der Waals surface area contributed by atoms with Gasteiger partial charge in [0, 0.05) is 0 Å². The van der Waals surface area contributed by atoms with Crippen LogP contribution in [0.3, 0.4) is 0 Å². The molecule has 0 aromatic rings. The average molecular weight is 164 g/mol. The van der Waals surface area contributed by atoms with Gasteiger partial charge in [-0.2, -0.15) is 0 Å². The summed E-state index contributed by atoms with van der Waals surface area (Å²) < 4.78 is 0. The summed E-state index contributed by atoms with van der Waals surface area (Å²) in [6, 6.07) is 0. The fraction of sp³-hybridized carbons (Fsp3) is 0.833. The second-order valence-corrected chi connectivity index (χ2v) is 4.98. The van der Waals surface area contributed by atoms with Crippen LogP contribution in [-0.2, 0) is 0 Å². The van der Waals surface area contributed by atoms with E-state index in [-0.39, 0.29) is 0 Å². The third-order valence-corrected chi connectivity index (χ3v) is 4.64. The van der Waals surface area contributed by atoms with Crippen LogP contribution in [0.15, 0.2) is 12.2 Å². The van der Waals surface area contributed by atoms with Gasteiger partial charge in [-0.05, 0) is 35.5 Å². The van der Waals surface area contributed by atoms with Gasteiger partial charge in [-0.15, -0.1) is 0 Å². The molecule has 2 bridgehead atoms. The van der Waals surface area contributed by atoms with Gasteiger partial charge in [0.1, 0.15) is 0 Å². The van der Waals surface area contributed by atoms with Crippen molar-refractivity contribution in [1.82, 2.24) is 0 Å². The van der Waals surface area contributed by atoms with Gasteiger partial charge in [0.2, 0.25) is 0 Å². The van der Waals surface area contributed by atoms with Gasteiger partial charge < -0.3 is 0 Å². The first kappa shape index (κ1) is 8.34. The van der Waals surface area contributed by atoms with Crippen molar-refractivity contribution in [2.75, 3.05) is 0 Å². The Labute approximate surface area is 76.1 Å². The lowest BCUT2D eigenvalue weighted by molar-refractivity contribution is 0.0429. The summed E-state index contributed by atoms with van der Waals surface area (Å²) in [5.74, 6) is 5.36. The van der Waals surface area contributed by atoms with Crippen molar-refractivity contribution in [2.24, 2.45) is 35.5 Å². The molecule has 0 heteroatoms. The highest BCUT2D eigenvalue weighted by Crippen LogP contribution is 2.50. The van der Waals surface area contributed by atoms with Crippen LogP contribution in [0.4, 0.5) is 0 Å². The maximum Gasteiger partial charge on any atom is -0.0176 e. The van der Waals surface area contributed by atoms with E-state index in [1.807, 2.05) is 0 Å². The Morgan fingerprint density at radius 2 is 0.833 bits per heavy atom. The van der Waals surface area contributed by atoms with Crippen molar-refractivity contribution in [3.63, 3.8) is 0 Å². The van der Waals surface area contributed by atoms with E-state index in [0.29, 0.717) is 0 Å². The third-order valence-electron chi connectivity index (χ3n) is 4.64. The summed E-state index contributed by atoms with van der Waals surface area (Å²) in [4.78, 5) is 0. The zero-order valence-electron chi connectivity index (χ0n) is 8.62. The van der Waals surface area contributed by atoms with E-state index in [1.165, 1.54) is 0 Å². The standard InChI is InChI=1S/C12H20/c1-7-8(2)12-6-5-11(7)9(3)10(12)4/h5-12H,1-4H3/t7-,8?,9?,10?,11?,12?/m0/s1. The van der Waals surface area contributed by atoms with Crippen molar-refractivity contribution >= 4 is 0 Å². The molecule has 12 heavy (non-hydrogen) atoms. The molecule has 0 spiro atoms. The molecule has 6 atom stereocenters. The number of rotatable bonds is 0. The summed E-state index contributed by atoms with van der Waals surface area (Å²) in [5, 5.41) is 0. The molecule has 0 nitrogen and oxygen atoms in total. The van der Waals surface area contributed by atoms with Crippen LogP contribution in [0.5, 0.6) is 0 Å². The number of hydrogen-bond acceptors (Lipinski definition) is 0. The van der Waals surface area contributed by atoms with E-state index in [9.17, 15) is 0 Å². The molecule has 68 valence electrons. The predicted molar refractivity (Wildman–Crippen MR) is 52.8 cm³/mol. The Kier molecular flexibility index (Phi) is 1.82. The lowest BCUT2D eigenvalue weighted by Gasteiger charge is -2.50. The highest BCUT2D eigenvalue weighted by atomic mass is 14.5. The van der Waals surface area contributed by atoms with Crippen molar-refractivity contribution in [3.05, 3.63) is 12.2 Å². The topological polar surface area (TPSA) is 0 Å². The summed E-state index contributed by atoms with van der Waals surface area (Å²) >= 11 is 0. The minimum absolute atomic E-state index is 0.861. The molecule has 0 aliphatic heterocycles. The van der Waals surface area contributed by atoms with Gasteiger partial charge in [-0.1, -0.05) is 39.8 Å². The van der Waals surface area contributed by atoms with Gasteiger partial charge in [0.15, 0.2) is 0 Å². The first-order chi connectivity index (χ1) is 5.63. The van der Waals surface area contributed by atoms with E-state index in [4.69, 9.17) is 0 Å². The molecule has 0 aromatic heterocycles. The molecule has 1 saturated carbocycles. The van der Waals surface area contributed by atoms with Crippen molar-refractivity contribution in [3.8, 4) is 0 Å². The highest BCUT2D eigenvalue weighted by Gasteiger charge is 2.43. The SMILES string of the molecule is CC1C(C)C2C=CC1C(C)[C@@H]2C. The summed E-state index contributed by atoms with van der Waals surface area (Å²) in [5.41, 5.74) is 0. The molecule has 0 heterocycles. The van der Waals surface area contributed by atoms with E-state index in [2.05, 4.69) is 39.8 Å². The molecule has 3 aliphatic rings. The van der Waals surface area contributed by atoms with Crippen LogP contribution < -0.4 is 0 Å². The van der Waals surface area contributed by atoms with Gasteiger partial charge in [-0.25, -0.2) is 0 Å². The van der Waals surface area contributed by atoms with Crippen LogP contribution in [0.2, 0.25) is 0 Å². The van der Waals surface area contributed by atoms with E-state index < -0.39 is 0 Å². The van der Waals surface area contributed by atoms with Crippen molar-refractivity contribution < 1.29 is 0 Å². The molecule has 5 unspecified atom stereocenters. The Morgan fingerprint density at radius 1 is 0.583 bits per heavy atom. The molecule has 1 fully saturated rings. The van der Waals surface area contributed by atoms with Crippen LogP contribution in [0, 0.1) is 35.5 Å². The van der Waals surface area contributed by atoms with E-state index >= 15 is 0 Å². The van der Waals surface area contributed by atoms with Crippen molar-refractivity contribution in [1.29, 1.82) is 0 Å². The van der Waals surface area contributed by atoms with E-state index in [1.54, 1.807) is 0 Å². The average Bonchev–Trinajstić information content (AvgIpc) is 2.05. The monoisotopic (exact) mass is 164 g/mol. The zero-order chi connectivity index (χ0) is 8.88. The second kappa shape index (κ2) is 2.61. The van der Waals surface area contributed by atoms with Gasteiger partial charge in [-0.3, -0.25) is 0 Å². The molecule has 0 saturated heterocycles. The van der Waals surface area contributed by atoms with Crippen LogP contribution >= 0.6 is 0 Å². The molecular weight excluding hydrogens is 144 g/mol. The minimum atomic E-state index is 0.861. The summed E-state index contributed by atoms with van der Waals surface area (Å²) in [6.45, 7) is 9.70. The molecular formula is C12H20. The minimum Gasteiger partial charge on any atom is -0.0846 e. The number of fused-ring (bicyclic) bond motifs is 2. The summed E-state index contributed by atoms with van der Waals surface area (Å²) in [6.07, 6.45) is 4.94. The smallest absolute Gasteiger partial charge is 0.0176 e. The quantitative estimate of drug-likeness (QED) is 0.482. The van der Waals surface area contributed by atoms with E-state index in [0.717, 1.165) is 35.5 Å². The fourth-order valence-electron chi connectivity index (χ4n) is 3.32. The normalized spacial score (nSPS) is 57.7. The first-order valence-electron chi connectivity index (χ1n) is 5.31. The first-order valence-corrected chi connectivity index (χ1v) is 5.31. The molecule has 0 aromatic carbocycles. The van der Waals surface area contributed by atoms with Crippen LogP contribution in [0.25, 0.3) is 0 Å². The summed E-state index contributed by atoms with van der Waals surface area (Å²) in [7, 11) is 0. The van der Waals surface area contributed by atoms with Gasteiger partial charge >= 0.3 is 0 Å². The highest BCUT2D eigenvalue weighted by molar-refractivity contribution is 5.11. The number of hydrogen-bond donors (Lipinski definition) is 0. The molecule has 0 radical (unpaired) electrons. The Morgan fingerprint density at radius 3 is 1.08 bits per heavy atom. The van der Waals surface area contributed by atoms with Crippen LogP contribution in [-0.4, -0.2) is 0 Å². The Balaban J connectivity index is 2.32. The molecule has 3 rings (SSSR count). The lowest BCUT2D eigenvalue weighted by Crippen LogP contribution is -2.44. The molecule has 3 aliphatic carbocycles.